The average Bonchev–Trinajstić information content (AvgIpc) is 2.94. The Kier molecular flexibility index (Phi) is 11.7. The summed E-state index contributed by atoms with van der Waals surface area (Å²) in [5, 5.41) is 17.3. The Bertz CT molecular complexity index is 907. The zero-order chi connectivity index (χ0) is 28.4. The van der Waals surface area contributed by atoms with E-state index in [0.717, 1.165) is 50.5 Å². The molecule has 2 aliphatic carbocycles. The number of amides is 1. The lowest BCUT2D eigenvalue weighted by Gasteiger charge is -2.35. The molecule has 1 aromatic heterocycles. The molecular weight excluding hydrogens is 502 g/mol. The molecule has 7 N–H and O–H groups in total. The SMILES string of the molecule is CC(C)(C)NC(=O)[C@@H]1CN(c2cc(N)nc(NCC3CCC(CNCCCNC4CCCCC4)CC3)n2)CCN1. The van der Waals surface area contributed by atoms with Gasteiger partial charge in [0.2, 0.25) is 11.9 Å². The molecule has 2 heterocycles. The first kappa shape index (κ1) is 30.8. The highest BCUT2D eigenvalue weighted by Crippen LogP contribution is 2.29. The normalized spacial score (nSPS) is 24.6. The highest BCUT2D eigenvalue weighted by Gasteiger charge is 2.29. The number of hydrogen-bond donors (Lipinski definition) is 6. The Balaban J connectivity index is 1.13. The number of nitrogen functional groups attached to an aromatic ring is 1. The first-order valence-corrected chi connectivity index (χ1v) is 15.9. The maximum atomic E-state index is 12.7. The Hall–Kier alpha value is -2.17. The second kappa shape index (κ2) is 15.2. The van der Waals surface area contributed by atoms with Crippen LogP contribution >= 0.6 is 0 Å². The molecule has 1 amide bonds. The molecule has 1 aliphatic heterocycles. The topological polar surface area (TPSA) is 132 Å². The number of nitrogens with zero attached hydrogens (tertiary/aromatic N) is 3. The number of anilines is 3. The van der Waals surface area contributed by atoms with Gasteiger partial charge in [-0.15, -0.1) is 0 Å². The van der Waals surface area contributed by atoms with Gasteiger partial charge in [-0.05, 0) is 97.2 Å². The first-order valence-electron chi connectivity index (χ1n) is 15.9. The molecule has 1 aromatic rings. The molecule has 226 valence electrons. The Morgan fingerprint density at radius 1 is 1.02 bits per heavy atom. The quantitative estimate of drug-likeness (QED) is 0.215. The van der Waals surface area contributed by atoms with Crippen LogP contribution in [-0.4, -0.2) is 79.3 Å². The minimum absolute atomic E-state index is 0.00930. The largest absolute Gasteiger partial charge is 0.383 e. The van der Waals surface area contributed by atoms with Crippen molar-refractivity contribution in [2.24, 2.45) is 11.8 Å². The molecule has 0 aromatic carbocycles. The van der Waals surface area contributed by atoms with E-state index in [1.54, 1.807) is 6.07 Å². The lowest BCUT2D eigenvalue weighted by molar-refractivity contribution is -0.124. The van der Waals surface area contributed by atoms with E-state index >= 15 is 0 Å². The van der Waals surface area contributed by atoms with Crippen LogP contribution in [0.5, 0.6) is 0 Å². The number of carbonyl (C=O) groups excluding carboxylic acids is 1. The van der Waals surface area contributed by atoms with E-state index in [0.29, 0.717) is 30.8 Å². The number of nitrogens with one attached hydrogen (secondary N) is 5. The number of rotatable bonds is 12. The van der Waals surface area contributed by atoms with Crippen LogP contribution in [0.3, 0.4) is 0 Å². The van der Waals surface area contributed by atoms with Crippen LogP contribution in [0.2, 0.25) is 0 Å². The van der Waals surface area contributed by atoms with Gasteiger partial charge in [0.1, 0.15) is 17.7 Å². The minimum atomic E-state index is -0.288. The fourth-order valence-corrected chi connectivity index (χ4v) is 6.29. The summed E-state index contributed by atoms with van der Waals surface area (Å²) >= 11 is 0. The number of hydrogen-bond acceptors (Lipinski definition) is 9. The molecule has 10 nitrogen and oxygen atoms in total. The third kappa shape index (κ3) is 10.3. The van der Waals surface area contributed by atoms with Gasteiger partial charge < -0.3 is 37.2 Å². The molecule has 0 spiro atoms. The van der Waals surface area contributed by atoms with Crippen LogP contribution in [0.4, 0.5) is 17.6 Å². The minimum Gasteiger partial charge on any atom is -0.383 e. The fourth-order valence-electron chi connectivity index (χ4n) is 6.29. The van der Waals surface area contributed by atoms with Crippen molar-refractivity contribution in [3.63, 3.8) is 0 Å². The summed E-state index contributed by atoms with van der Waals surface area (Å²) in [5.41, 5.74) is 5.90. The van der Waals surface area contributed by atoms with Crippen molar-refractivity contribution in [2.75, 3.05) is 61.8 Å². The maximum absolute atomic E-state index is 12.7. The van der Waals surface area contributed by atoms with Gasteiger partial charge in [0, 0.05) is 43.8 Å². The fraction of sp³-hybridized carbons (Fsp3) is 0.833. The second-order valence-corrected chi connectivity index (χ2v) is 13.3. The summed E-state index contributed by atoms with van der Waals surface area (Å²) < 4.78 is 0. The molecule has 4 rings (SSSR count). The Morgan fingerprint density at radius 3 is 2.48 bits per heavy atom. The summed E-state index contributed by atoms with van der Waals surface area (Å²) in [4.78, 5) is 24.0. The van der Waals surface area contributed by atoms with Crippen LogP contribution < -0.4 is 37.2 Å². The first-order chi connectivity index (χ1) is 19.2. The predicted molar refractivity (Wildman–Crippen MR) is 165 cm³/mol. The maximum Gasteiger partial charge on any atom is 0.239 e. The zero-order valence-corrected chi connectivity index (χ0v) is 25.2. The molecule has 3 fully saturated rings. The van der Waals surface area contributed by atoms with Gasteiger partial charge in [0.25, 0.3) is 0 Å². The number of nitrogens with two attached hydrogens (primary N) is 1. The van der Waals surface area contributed by atoms with Crippen LogP contribution in [0.1, 0.15) is 85.0 Å². The number of carbonyl (C=O) groups is 1. The van der Waals surface area contributed by atoms with Gasteiger partial charge in [0.05, 0.1) is 0 Å². The molecule has 1 saturated heterocycles. The van der Waals surface area contributed by atoms with Crippen molar-refractivity contribution in [1.29, 1.82) is 0 Å². The Morgan fingerprint density at radius 2 is 1.75 bits per heavy atom. The van der Waals surface area contributed by atoms with Gasteiger partial charge >= 0.3 is 0 Å². The molecule has 0 bridgehead atoms. The molecule has 2 saturated carbocycles. The van der Waals surface area contributed by atoms with Crippen molar-refractivity contribution < 1.29 is 4.79 Å². The van der Waals surface area contributed by atoms with E-state index in [4.69, 9.17) is 10.7 Å². The van der Waals surface area contributed by atoms with Crippen LogP contribution in [0.15, 0.2) is 6.07 Å². The summed E-state index contributed by atoms with van der Waals surface area (Å²) in [7, 11) is 0. The Labute approximate surface area is 241 Å². The van der Waals surface area contributed by atoms with Gasteiger partial charge in [-0.1, -0.05) is 19.3 Å². The van der Waals surface area contributed by atoms with E-state index in [9.17, 15) is 4.79 Å². The summed E-state index contributed by atoms with van der Waals surface area (Å²) in [6.07, 6.45) is 13.2. The third-order valence-electron chi connectivity index (χ3n) is 8.56. The van der Waals surface area contributed by atoms with Crippen molar-refractivity contribution in [2.45, 2.75) is 103 Å². The van der Waals surface area contributed by atoms with Crippen molar-refractivity contribution in [3.8, 4) is 0 Å². The van der Waals surface area contributed by atoms with Crippen molar-refractivity contribution in [3.05, 3.63) is 6.07 Å². The summed E-state index contributed by atoms with van der Waals surface area (Å²) in [5.74, 6) is 3.23. The summed E-state index contributed by atoms with van der Waals surface area (Å²) in [6.45, 7) is 12.3. The van der Waals surface area contributed by atoms with Gasteiger partial charge in [0.15, 0.2) is 0 Å². The van der Waals surface area contributed by atoms with Crippen LogP contribution in [0, 0.1) is 11.8 Å². The van der Waals surface area contributed by atoms with E-state index < -0.39 is 0 Å². The van der Waals surface area contributed by atoms with E-state index in [1.165, 1.54) is 64.2 Å². The number of piperazine rings is 1. The van der Waals surface area contributed by atoms with E-state index in [2.05, 4.69) is 36.5 Å². The van der Waals surface area contributed by atoms with E-state index in [1.807, 2.05) is 20.8 Å². The summed E-state index contributed by atoms with van der Waals surface area (Å²) in [6, 6.07) is 2.28. The molecule has 0 unspecified atom stereocenters. The zero-order valence-electron chi connectivity index (χ0n) is 25.2. The monoisotopic (exact) mass is 557 g/mol. The average molecular weight is 558 g/mol. The van der Waals surface area contributed by atoms with Gasteiger partial charge in [-0.25, -0.2) is 0 Å². The molecule has 3 aliphatic rings. The third-order valence-corrected chi connectivity index (χ3v) is 8.56. The number of aromatic nitrogens is 2. The lowest BCUT2D eigenvalue weighted by atomic mass is 9.82. The highest BCUT2D eigenvalue weighted by atomic mass is 16.2. The van der Waals surface area contributed by atoms with Crippen LogP contribution in [-0.2, 0) is 4.79 Å². The molecular formula is C30H55N9O. The van der Waals surface area contributed by atoms with Crippen molar-refractivity contribution in [1.82, 2.24) is 31.2 Å². The molecule has 1 atom stereocenters. The standard InChI is InChI=1S/C30H55N9O/c1-30(2,3)38-28(40)25-21-39(17-16-34-25)27-18-26(31)36-29(37-27)35-20-23-12-10-22(11-13-23)19-32-14-7-15-33-24-8-5-4-6-9-24/h18,22-25,32-34H,4-17,19-21H2,1-3H3,(H,38,40)(H3,31,35,36,37)/t22?,23?,25-/m0/s1. The van der Waals surface area contributed by atoms with Crippen molar-refractivity contribution >= 4 is 23.5 Å². The smallest absolute Gasteiger partial charge is 0.239 e. The molecule has 10 heteroatoms. The van der Waals surface area contributed by atoms with Gasteiger partial charge in [-0.2, -0.15) is 9.97 Å². The van der Waals surface area contributed by atoms with Crippen LogP contribution in [0.25, 0.3) is 0 Å². The second-order valence-electron chi connectivity index (χ2n) is 13.3. The van der Waals surface area contributed by atoms with E-state index in [-0.39, 0.29) is 17.5 Å². The molecule has 0 radical (unpaired) electrons. The highest BCUT2D eigenvalue weighted by molar-refractivity contribution is 5.83. The molecule has 40 heavy (non-hydrogen) atoms. The lowest BCUT2D eigenvalue weighted by Crippen LogP contribution is -2.59. The predicted octanol–water partition coefficient (Wildman–Crippen LogP) is 2.87. The van der Waals surface area contributed by atoms with Gasteiger partial charge in [-0.3, -0.25) is 4.79 Å².